The molecule has 0 aliphatic carbocycles. The average Bonchev–Trinajstić information content (AvgIpc) is 2.37. The first kappa shape index (κ1) is 8.75. The molecule has 1 aromatic rings. The lowest BCUT2D eigenvalue weighted by Gasteiger charge is -2.14. The summed E-state index contributed by atoms with van der Waals surface area (Å²) in [7, 11) is 5.59. The van der Waals surface area contributed by atoms with Gasteiger partial charge in [-0.1, -0.05) is 0 Å². The summed E-state index contributed by atoms with van der Waals surface area (Å²) < 4.78 is 1.70. The predicted octanol–water partition coefficient (Wildman–Crippen LogP) is 0.546. The minimum atomic E-state index is -0.196. The van der Waals surface area contributed by atoms with Gasteiger partial charge in [-0.25, -0.2) is 0 Å². The molecule has 1 atom stereocenters. The first-order valence-corrected chi connectivity index (χ1v) is 3.69. The van der Waals surface area contributed by atoms with E-state index in [0.717, 1.165) is 5.56 Å². The van der Waals surface area contributed by atoms with Gasteiger partial charge in [-0.2, -0.15) is 10.4 Å². The lowest BCUT2D eigenvalue weighted by atomic mass is 10.2. The van der Waals surface area contributed by atoms with Crippen LogP contribution >= 0.6 is 0 Å². The molecular weight excluding hydrogens is 152 g/mol. The molecule has 0 N–H and O–H groups in total. The molecule has 0 aliphatic rings. The van der Waals surface area contributed by atoms with Crippen molar-refractivity contribution in [2.45, 2.75) is 6.04 Å². The molecule has 0 aromatic carbocycles. The van der Waals surface area contributed by atoms with Gasteiger partial charge in [-0.05, 0) is 14.1 Å². The van der Waals surface area contributed by atoms with Gasteiger partial charge >= 0.3 is 0 Å². The van der Waals surface area contributed by atoms with Gasteiger partial charge in [-0.3, -0.25) is 9.58 Å². The van der Waals surface area contributed by atoms with E-state index in [4.69, 9.17) is 5.26 Å². The van der Waals surface area contributed by atoms with Crippen molar-refractivity contribution in [3.05, 3.63) is 18.0 Å². The Balaban J connectivity index is 2.89. The lowest BCUT2D eigenvalue weighted by molar-refractivity contribution is 0.358. The standard InChI is InChI=1S/C8H12N4/c1-11(2)8(4-9)7-5-10-12(3)6-7/h5-6,8H,1-3H3. The Morgan fingerprint density at radius 1 is 1.67 bits per heavy atom. The normalized spacial score (nSPS) is 12.9. The highest BCUT2D eigenvalue weighted by Gasteiger charge is 2.13. The third kappa shape index (κ3) is 1.63. The second kappa shape index (κ2) is 3.37. The van der Waals surface area contributed by atoms with E-state index in [2.05, 4.69) is 11.2 Å². The highest BCUT2D eigenvalue weighted by atomic mass is 15.2. The van der Waals surface area contributed by atoms with E-state index in [1.54, 1.807) is 10.9 Å². The summed E-state index contributed by atoms with van der Waals surface area (Å²) in [5.74, 6) is 0. The third-order valence-corrected chi connectivity index (χ3v) is 1.68. The molecule has 64 valence electrons. The van der Waals surface area contributed by atoms with E-state index in [1.807, 2.05) is 32.2 Å². The summed E-state index contributed by atoms with van der Waals surface area (Å²) in [6, 6.07) is 2.01. The second-order valence-corrected chi connectivity index (χ2v) is 2.94. The Kier molecular flexibility index (Phi) is 2.46. The van der Waals surface area contributed by atoms with Crippen molar-refractivity contribution in [2.24, 2.45) is 7.05 Å². The van der Waals surface area contributed by atoms with Gasteiger partial charge in [-0.15, -0.1) is 0 Å². The summed E-state index contributed by atoms with van der Waals surface area (Å²) in [4.78, 5) is 1.86. The van der Waals surface area contributed by atoms with Crippen molar-refractivity contribution in [1.29, 1.82) is 5.26 Å². The van der Waals surface area contributed by atoms with Crippen LogP contribution in [0.25, 0.3) is 0 Å². The fourth-order valence-corrected chi connectivity index (χ4v) is 1.07. The van der Waals surface area contributed by atoms with Crippen molar-refractivity contribution >= 4 is 0 Å². The Hall–Kier alpha value is -1.34. The van der Waals surface area contributed by atoms with Crippen molar-refractivity contribution in [3.8, 4) is 6.07 Å². The van der Waals surface area contributed by atoms with Crippen LogP contribution in [0.4, 0.5) is 0 Å². The van der Waals surface area contributed by atoms with E-state index in [9.17, 15) is 0 Å². The molecule has 0 amide bonds. The highest BCUT2D eigenvalue weighted by Crippen LogP contribution is 2.15. The van der Waals surface area contributed by atoms with E-state index in [1.165, 1.54) is 0 Å². The molecule has 12 heavy (non-hydrogen) atoms. The third-order valence-electron chi connectivity index (χ3n) is 1.68. The van der Waals surface area contributed by atoms with Gasteiger partial charge in [0.1, 0.15) is 6.04 Å². The molecule has 4 nitrogen and oxygen atoms in total. The minimum absolute atomic E-state index is 0.196. The number of rotatable bonds is 2. The monoisotopic (exact) mass is 164 g/mol. The van der Waals surface area contributed by atoms with Crippen LogP contribution in [0.5, 0.6) is 0 Å². The molecule has 0 saturated heterocycles. The molecule has 0 aliphatic heterocycles. The van der Waals surface area contributed by atoms with Crippen LogP contribution in [0, 0.1) is 11.3 Å². The zero-order chi connectivity index (χ0) is 9.14. The first-order valence-electron chi connectivity index (χ1n) is 3.69. The maximum Gasteiger partial charge on any atom is 0.126 e. The van der Waals surface area contributed by atoms with Crippen LogP contribution in [0.3, 0.4) is 0 Å². The van der Waals surface area contributed by atoms with E-state index in [-0.39, 0.29) is 6.04 Å². The summed E-state index contributed by atoms with van der Waals surface area (Å²) in [5.41, 5.74) is 0.935. The molecule has 1 unspecified atom stereocenters. The number of aryl methyl sites for hydroxylation is 1. The van der Waals surface area contributed by atoms with Crippen molar-refractivity contribution < 1.29 is 0 Å². The number of hydrogen-bond acceptors (Lipinski definition) is 3. The van der Waals surface area contributed by atoms with Crippen molar-refractivity contribution in [1.82, 2.24) is 14.7 Å². The molecule has 1 heterocycles. The molecule has 0 spiro atoms. The molecule has 1 aromatic heterocycles. The highest BCUT2D eigenvalue weighted by molar-refractivity contribution is 5.17. The predicted molar refractivity (Wildman–Crippen MR) is 45.2 cm³/mol. The zero-order valence-electron chi connectivity index (χ0n) is 7.52. The molecule has 0 saturated carbocycles. The number of nitriles is 1. The SMILES string of the molecule is CN(C)C(C#N)c1cnn(C)c1. The number of hydrogen-bond donors (Lipinski definition) is 0. The lowest BCUT2D eigenvalue weighted by Crippen LogP contribution is -2.17. The quantitative estimate of drug-likeness (QED) is 0.641. The molecular formula is C8H12N4. The van der Waals surface area contributed by atoms with E-state index >= 15 is 0 Å². The number of aromatic nitrogens is 2. The van der Waals surface area contributed by atoms with E-state index in [0.29, 0.717) is 0 Å². The summed E-state index contributed by atoms with van der Waals surface area (Å²) in [5, 5.41) is 12.8. The Morgan fingerprint density at radius 3 is 2.67 bits per heavy atom. The van der Waals surface area contributed by atoms with Gasteiger partial charge in [0.2, 0.25) is 0 Å². The number of nitrogens with zero attached hydrogens (tertiary/aromatic N) is 4. The summed E-state index contributed by atoms with van der Waals surface area (Å²) in [6.45, 7) is 0. The van der Waals surface area contributed by atoms with Crippen LogP contribution in [-0.2, 0) is 7.05 Å². The van der Waals surface area contributed by atoms with Gasteiger partial charge in [0.05, 0.1) is 12.3 Å². The van der Waals surface area contributed by atoms with Gasteiger partial charge < -0.3 is 0 Å². The molecule has 0 fully saturated rings. The maximum atomic E-state index is 8.83. The second-order valence-electron chi connectivity index (χ2n) is 2.94. The minimum Gasteiger partial charge on any atom is -0.290 e. The Bertz CT molecular complexity index is 294. The topological polar surface area (TPSA) is 44.9 Å². The fourth-order valence-electron chi connectivity index (χ4n) is 1.07. The van der Waals surface area contributed by atoms with Crippen LogP contribution in [0.1, 0.15) is 11.6 Å². The van der Waals surface area contributed by atoms with Crippen LogP contribution in [0.2, 0.25) is 0 Å². The fraction of sp³-hybridized carbons (Fsp3) is 0.500. The zero-order valence-corrected chi connectivity index (χ0v) is 7.52. The molecule has 1 rings (SSSR count). The van der Waals surface area contributed by atoms with Gasteiger partial charge in [0.15, 0.2) is 0 Å². The van der Waals surface area contributed by atoms with Gasteiger partial charge in [0, 0.05) is 18.8 Å². The molecule has 4 heteroatoms. The Labute approximate surface area is 72.0 Å². The summed E-state index contributed by atoms with van der Waals surface area (Å²) >= 11 is 0. The van der Waals surface area contributed by atoms with Gasteiger partial charge in [0.25, 0.3) is 0 Å². The maximum absolute atomic E-state index is 8.83. The molecule has 0 radical (unpaired) electrons. The van der Waals surface area contributed by atoms with Crippen LogP contribution in [-0.4, -0.2) is 28.8 Å². The largest absolute Gasteiger partial charge is 0.290 e. The van der Waals surface area contributed by atoms with Crippen molar-refractivity contribution in [3.63, 3.8) is 0 Å². The summed E-state index contributed by atoms with van der Waals surface area (Å²) in [6.07, 6.45) is 3.57. The first-order chi connectivity index (χ1) is 5.65. The average molecular weight is 164 g/mol. The van der Waals surface area contributed by atoms with Crippen LogP contribution < -0.4 is 0 Å². The smallest absolute Gasteiger partial charge is 0.126 e. The van der Waals surface area contributed by atoms with E-state index < -0.39 is 0 Å². The van der Waals surface area contributed by atoms with Crippen molar-refractivity contribution in [2.75, 3.05) is 14.1 Å². The Morgan fingerprint density at radius 2 is 2.33 bits per heavy atom. The molecule has 0 bridgehead atoms. The van der Waals surface area contributed by atoms with Crippen LogP contribution in [0.15, 0.2) is 12.4 Å².